The normalized spacial score (nSPS) is 13.2. The van der Waals surface area contributed by atoms with Gasteiger partial charge in [0.05, 0.1) is 11.8 Å². The molecule has 0 bridgehead atoms. The zero-order valence-electron chi connectivity index (χ0n) is 7.99. The predicted molar refractivity (Wildman–Crippen MR) is 53.4 cm³/mol. The lowest BCUT2D eigenvalue weighted by Crippen LogP contribution is -2.08. The lowest BCUT2D eigenvalue weighted by atomic mass is 10.2. The highest BCUT2D eigenvalue weighted by molar-refractivity contribution is 7.98. The molecule has 5 heteroatoms. The van der Waals surface area contributed by atoms with Gasteiger partial charge in [-0.25, -0.2) is 0 Å². The highest BCUT2D eigenvalue weighted by Gasteiger charge is 2.11. The summed E-state index contributed by atoms with van der Waals surface area (Å²) in [6.45, 7) is 4.10. The minimum absolute atomic E-state index is 0.118. The van der Waals surface area contributed by atoms with Gasteiger partial charge in [-0.2, -0.15) is 16.7 Å². The molecular weight excluding hydrogens is 186 g/mol. The van der Waals surface area contributed by atoms with E-state index in [1.54, 1.807) is 11.8 Å². The summed E-state index contributed by atoms with van der Waals surface area (Å²) in [6, 6.07) is -0.118. The van der Waals surface area contributed by atoms with Crippen LogP contribution in [-0.4, -0.2) is 15.9 Å². The van der Waals surface area contributed by atoms with Crippen molar-refractivity contribution in [3.05, 3.63) is 11.7 Å². The molecule has 0 aromatic carbocycles. The molecule has 1 heterocycles. The van der Waals surface area contributed by atoms with Crippen LogP contribution in [0.1, 0.15) is 38.0 Å². The van der Waals surface area contributed by atoms with Crippen LogP contribution < -0.4 is 5.73 Å². The van der Waals surface area contributed by atoms with Gasteiger partial charge in [0.1, 0.15) is 0 Å². The maximum atomic E-state index is 5.73. The van der Waals surface area contributed by atoms with E-state index >= 15 is 0 Å². The first-order chi connectivity index (χ1) is 6.27. The summed E-state index contributed by atoms with van der Waals surface area (Å²) in [6.07, 6.45) is 0.822. The molecule has 1 rings (SSSR count). The third-order valence-electron chi connectivity index (χ3n) is 1.68. The molecule has 0 saturated heterocycles. The van der Waals surface area contributed by atoms with Crippen molar-refractivity contribution >= 4 is 11.8 Å². The van der Waals surface area contributed by atoms with E-state index in [0.717, 1.165) is 23.8 Å². The van der Waals surface area contributed by atoms with Gasteiger partial charge in [0, 0.05) is 0 Å². The van der Waals surface area contributed by atoms with Crippen LogP contribution in [0.5, 0.6) is 0 Å². The second-order valence-electron chi connectivity index (χ2n) is 2.70. The van der Waals surface area contributed by atoms with Crippen LogP contribution in [0, 0.1) is 0 Å². The van der Waals surface area contributed by atoms with Crippen LogP contribution in [0.4, 0.5) is 0 Å². The van der Waals surface area contributed by atoms with E-state index in [-0.39, 0.29) is 6.04 Å². The number of aromatic nitrogens is 2. The summed E-state index contributed by atoms with van der Waals surface area (Å²) in [5.74, 6) is 3.15. The van der Waals surface area contributed by atoms with Crippen molar-refractivity contribution < 1.29 is 4.52 Å². The Balaban J connectivity index is 2.53. The van der Waals surface area contributed by atoms with Crippen molar-refractivity contribution in [3.8, 4) is 0 Å². The summed E-state index contributed by atoms with van der Waals surface area (Å²) < 4.78 is 5.01. The molecule has 74 valence electrons. The maximum absolute atomic E-state index is 5.73. The van der Waals surface area contributed by atoms with E-state index in [0.29, 0.717) is 5.89 Å². The van der Waals surface area contributed by atoms with Gasteiger partial charge in [-0.15, -0.1) is 0 Å². The topological polar surface area (TPSA) is 64.9 Å². The molecule has 1 unspecified atom stereocenters. The maximum Gasteiger partial charge on any atom is 0.243 e. The van der Waals surface area contributed by atoms with Crippen molar-refractivity contribution in [2.75, 3.05) is 5.75 Å². The van der Waals surface area contributed by atoms with E-state index in [1.807, 2.05) is 6.92 Å². The number of rotatable bonds is 5. The molecule has 0 aliphatic rings. The molecule has 0 fully saturated rings. The Bertz CT molecular complexity index is 251. The van der Waals surface area contributed by atoms with Gasteiger partial charge in [-0.05, 0) is 12.2 Å². The molecule has 0 aliphatic carbocycles. The molecule has 1 atom stereocenters. The van der Waals surface area contributed by atoms with Gasteiger partial charge in [-0.1, -0.05) is 19.0 Å². The van der Waals surface area contributed by atoms with Crippen molar-refractivity contribution in [1.82, 2.24) is 10.1 Å². The Kier molecular flexibility index (Phi) is 4.24. The Morgan fingerprint density at radius 3 is 2.92 bits per heavy atom. The Hall–Kier alpha value is -0.550. The van der Waals surface area contributed by atoms with Gasteiger partial charge in [-0.3, -0.25) is 0 Å². The van der Waals surface area contributed by atoms with E-state index in [9.17, 15) is 0 Å². The second kappa shape index (κ2) is 5.24. The summed E-state index contributed by atoms with van der Waals surface area (Å²) in [7, 11) is 0. The van der Waals surface area contributed by atoms with Gasteiger partial charge >= 0.3 is 0 Å². The van der Waals surface area contributed by atoms with Crippen LogP contribution >= 0.6 is 11.8 Å². The molecule has 0 saturated carbocycles. The lowest BCUT2D eigenvalue weighted by molar-refractivity contribution is 0.349. The van der Waals surface area contributed by atoms with Gasteiger partial charge in [0.2, 0.25) is 5.89 Å². The highest BCUT2D eigenvalue weighted by atomic mass is 32.2. The quantitative estimate of drug-likeness (QED) is 0.786. The zero-order chi connectivity index (χ0) is 9.68. The average Bonchev–Trinajstić information content (AvgIpc) is 2.62. The van der Waals surface area contributed by atoms with Crippen LogP contribution in [0.25, 0.3) is 0 Å². The van der Waals surface area contributed by atoms with Crippen molar-refractivity contribution in [2.45, 2.75) is 32.1 Å². The number of hydrogen-bond donors (Lipinski definition) is 1. The SMILES string of the molecule is CCSCc1noc(C(N)CC)n1. The van der Waals surface area contributed by atoms with E-state index < -0.39 is 0 Å². The molecule has 4 nitrogen and oxygen atoms in total. The number of nitrogens with zero attached hydrogens (tertiary/aromatic N) is 2. The zero-order valence-corrected chi connectivity index (χ0v) is 8.80. The molecule has 0 aliphatic heterocycles. The largest absolute Gasteiger partial charge is 0.338 e. The fraction of sp³-hybridized carbons (Fsp3) is 0.750. The molecule has 0 spiro atoms. The lowest BCUT2D eigenvalue weighted by Gasteiger charge is -1.98. The summed E-state index contributed by atoms with van der Waals surface area (Å²) in [5.41, 5.74) is 5.73. The molecule has 13 heavy (non-hydrogen) atoms. The summed E-state index contributed by atoms with van der Waals surface area (Å²) in [4.78, 5) is 4.19. The van der Waals surface area contributed by atoms with Gasteiger partial charge in [0.25, 0.3) is 0 Å². The van der Waals surface area contributed by atoms with Crippen LogP contribution in [0.3, 0.4) is 0 Å². The van der Waals surface area contributed by atoms with Gasteiger partial charge in [0.15, 0.2) is 5.82 Å². The Labute approximate surface area is 82.3 Å². The molecule has 1 aromatic heterocycles. The fourth-order valence-corrected chi connectivity index (χ4v) is 1.35. The molecule has 2 N–H and O–H groups in total. The van der Waals surface area contributed by atoms with Gasteiger partial charge < -0.3 is 10.3 Å². The third-order valence-corrected chi connectivity index (χ3v) is 2.55. The van der Waals surface area contributed by atoms with E-state index in [4.69, 9.17) is 10.3 Å². The van der Waals surface area contributed by atoms with E-state index in [1.165, 1.54) is 0 Å². The monoisotopic (exact) mass is 201 g/mol. The third kappa shape index (κ3) is 3.00. The number of nitrogens with two attached hydrogens (primary N) is 1. The Morgan fingerprint density at radius 2 is 2.31 bits per heavy atom. The van der Waals surface area contributed by atoms with Crippen molar-refractivity contribution in [1.29, 1.82) is 0 Å². The van der Waals surface area contributed by atoms with E-state index in [2.05, 4.69) is 17.1 Å². The minimum Gasteiger partial charge on any atom is -0.338 e. The standard InChI is InChI=1S/C8H15N3OS/c1-3-6(9)8-10-7(11-12-8)5-13-4-2/h6H,3-5,9H2,1-2H3. The van der Waals surface area contributed by atoms with Crippen LogP contribution in [-0.2, 0) is 5.75 Å². The number of thioether (sulfide) groups is 1. The summed E-state index contributed by atoms with van der Waals surface area (Å²) in [5, 5.41) is 3.84. The molecule has 1 aromatic rings. The van der Waals surface area contributed by atoms with Crippen LogP contribution in [0.2, 0.25) is 0 Å². The first kappa shape index (κ1) is 10.5. The number of hydrogen-bond acceptors (Lipinski definition) is 5. The highest BCUT2D eigenvalue weighted by Crippen LogP contribution is 2.13. The van der Waals surface area contributed by atoms with Crippen molar-refractivity contribution in [3.63, 3.8) is 0 Å². The van der Waals surface area contributed by atoms with Crippen molar-refractivity contribution in [2.24, 2.45) is 5.73 Å². The molecule has 0 amide bonds. The van der Waals surface area contributed by atoms with Crippen LogP contribution in [0.15, 0.2) is 4.52 Å². The second-order valence-corrected chi connectivity index (χ2v) is 3.97. The first-order valence-electron chi connectivity index (χ1n) is 4.43. The summed E-state index contributed by atoms with van der Waals surface area (Å²) >= 11 is 1.77. The molecular formula is C8H15N3OS. The smallest absolute Gasteiger partial charge is 0.243 e. The average molecular weight is 201 g/mol. The first-order valence-corrected chi connectivity index (χ1v) is 5.59. The fourth-order valence-electron chi connectivity index (χ4n) is 0.845. The molecule has 0 radical (unpaired) electrons. The minimum atomic E-state index is -0.118. The Morgan fingerprint density at radius 1 is 1.54 bits per heavy atom. The predicted octanol–water partition coefficient (Wildman–Crippen LogP) is 1.73.